The Morgan fingerprint density at radius 1 is 0.296 bits per heavy atom. The first-order valence-corrected chi connectivity index (χ1v) is 11.7. The molecule has 12 N–H and O–H groups in total. The molecule has 0 aliphatic carbocycles. The van der Waals surface area contributed by atoms with E-state index in [1.807, 2.05) is 0 Å². The summed E-state index contributed by atoms with van der Waals surface area (Å²) in [6.45, 7) is 0. The molecule has 0 radical (unpaired) electrons. The van der Waals surface area contributed by atoms with Crippen molar-refractivity contribution in [3.05, 3.63) is 0 Å². The van der Waals surface area contributed by atoms with Crippen molar-refractivity contribution in [3.8, 4) is 0 Å². The van der Waals surface area contributed by atoms with Gasteiger partial charge in [-0.05, 0) is 0 Å². The first kappa shape index (κ1) is 56.3. The molecule has 0 unspecified atom stereocenters. The molecule has 0 bridgehead atoms. The second-order valence-electron chi connectivity index (χ2n) is 1.70. The number of rotatable bonds is 0. The summed E-state index contributed by atoms with van der Waals surface area (Å²) in [6.07, 6.45) is 0. The molecule has 0 spiro atoms. The second-order valence-corrected chi connectivity index (χ2v) is 5.09. The molecule has 0 fully saturated rings. The quantitative estimate of drug-likeness (QED) is 0.125. The molecule has 0 aromatic rings. The Bertz CT molecular complexity index is 287. The third-order valence-electron chi connectivity index (χ3n) is 0. The zero-order valence-electron chi connectivity index (χ0n) is 18.9. The molecular weight excluding hydrogens is 529 g/mol. The van der Waals surface area contributed by atoms with Crippen molar-refractivity contribution in [1.82, 2.24) is 0 Å². The molecule has 27 heteroatoms. The largest absolute Gasteiger partial charge is 2.00 e. The third-order valence-corrected chi connectivity index (χ3v) is 0. The molecule has 27 heavy (non-hydrogen) atoms. The molecule has 0 rings (SSSR count). The van der Waals surface area contributed by atoms with Crippen LogP contribution in [0.1, 0.15) is 8.56 Å². The molecule has 0 aromatic heterocycles. The maximum atomic E-state index is 8.74. The van der Waals surface area contributed by atoms with E-state index in [1.165, 1.54) is 0 Å². The molecule has 0 saturated heterocycles. The summed E-state index contributed by atoms with van der Waals surface area (Å²) in [4.78, 5) is 85.9. The minimum Gasteiger partial charge on any atom is -1.00 e. The summed E-state index contributed by atoms with van der Waals surface area (Å²) in [7, 11) is -18.8. The summed E-state index contributed by atoms with van der Waals surface area (Å²) in [6, 6.07) is 0. The Hall–Kier alpha value is 0.000000000000000888. The maximum absolute atomic E-state index is 8.74. The summed E-state index contributed by atoms with van der Waals surface area (Å²) in [5.41, 5.74) is 0. The molecule has 0 atom stereocenters. The SMILES string of the molecule is O=[Si](O)O.O=[Si](O)O.O=[Si](O)O.O=[Si](O)O.O=[Si](O)O.O=[Si](O)O.[H-].[H-].[H-].[H-].[H-].[H-].[Mg+2].[Mg+2].[Mg+2]. The molecule has 0 saturated carbocycles. The van der Waals surface area contributed by atoms with E-state index in [2.05, 4.69) is 0 Å². The molecule has 18 nitrogen and oxygen atoms in total. The van der Waals surface area contributed by atoms with Crippen LogP contribution in [0, 0.1) is 0 Å². The van der Waals surface area contributed by atoms with E-state index in [4.69, 9.17) is 84.3 Å². The molecule has 156 valence electrons. The minimum absolute atomic E-state index is 0. The van der Waals surface area contributed by atoms with Crippen LogP contribution in [0.3, 0.4) is 0 Å². The van der Waals surface area contributed by atoms with Gasteiger partial charge in [0.15, 0.2) is 0 Å². The molecular formula is H18Mg3O18Si6. The van der Waals surface area contributed by atoms with E-state index < -0.39 is 55.0 Å². The van der Waals surface area contributed by atoms with Gasteiger partial charge in [-0.3, -0.25) is 26.8 Å². The fourth-order valence-corrected chi connectivity index (χ4v) is 0. The van der Waals surface area contributed by atoms with E-state index in [-0.39, 0.29) is 77.7 Å². The summed E-state index contributed by atoms with van der Waals surface area (Å²) < 4.78 is 52.4. The third kappa shape index (κ3) is 19000000000000000695311645664083968. The van der Waals surface area contributed by atoms with Gasteiger partial charge in [-0.1, -0.05) is 0 Å². The van der Waals surface area contributed by atoms with Crippen LogP contribution in [0.15, 0.2) is 0 Å². The Morgan fingerprint density at radius 2 is 0.296 bits per heavy atom. The van der Waals surface area contributed by atoms with Crippen LogP contribution >= 0.6 is 0 Å². The van der Waals surface area contributed by atoms with Crippen LogP contribution < -0.4 is 0 Å². The van der Waals surface area contributed by atoms with Crippen LogP contribution in [-0.4, -0.2) is 182 Å². The Labute approximate surface area is 215 Å². The zero-order chi connectivity index (χ0) is 21.5. The average molecular weight is 548 g/mol. The van der Waals surface area contributed by atoms with Crippen molar-refractivity contribution < 1.29 is 92.9 Å². The smallest absolute Gasteiger partial charge is 1.00 e. The van der Waals surface area contributed by atoms with Crippen molar-refractivity contribution in [1.29, 1.82) is 0 Å². The second kappa shape index (κ2) is 50.2. The predicted octanol–water partition coefficient (Wildman–Crippen LogP) is -10.1. The van der Waals surface area contributed by atoms with Crippen molar-refractivity contribution >= 4 is 124 Å². The molecule has 0 amide bonds. The first-order chi connectivity index (χ1) is 10.4. The standard InChI is InChI=1S/3Mg.6H2O3Si.6H/c;;;6*1-4(2)3;;;;;;/h;;;6*1-2H;;;;;;/q3*+2;;;;;;;6*-1. The van der Waals surface area contributed by atoms with Crippen LogP contribution in [0.2, 0.25) is 0 Å². The first-order valence-electron chi connectivity index (χ1n) is 3.91. The summed E-state index contributed by atoms with van der Waals surface area (Å²) >= 11 is 0. The number of hydrogen-bond donors (Lipinski definition) is 12. The van der Waals surface area contributed by atoms with Gasteiger partial charge in [-0.25, -0.2) is 0 Å². The van der Waals surface area contributed by atoms with Gasteiger partial charge in [0.1, 0.15) is 0 Å². The van der Waals surface area contributed by atoms with E-state index in [0.717, 1.165) is 0 Å². The van der Waals surface area contributed by atoms with Gasteiger partial charge >= 0.3 is 124 Å². The zero-order valence-corrected chi connectivity index (χ0v) is 23.2. The van der Waals surface area contributed by atoms with Crippen molar-refractivity contribution in [2.45, 2.75) is 0 Å². The fourth-order valence-electron chi connectivity index (χ4n) is 0. The van der Waals surface area contributed by atoms with Gasteiger partial charge in [0, 0.05) is 0 Å². The van der Waals surface area contributed by atoms with Gasteiger partial charge in [0.2, 0.25) is 0 Å². The van der Waals surface area contributed by atoms with Gasteiger partial charge < -0.3 is 66.1 Å². The van der Waals surface area contributed by atoms with E-state index in [0.29, 0.717) is 0 Å². The van der Waals surface area contributed by atoms with Crippen LogP contribution in [0.25, 0.3) is 0 Å². The predicted molar refractivity (Wildman–Crippen MR) is 89.2 cm³/mol. The Kier molecular flexibility index (Phi) is 105. The van der Waals surface area contributed by atoms with Gasteiger partial charge in [0.25, 0.3) is 0 Å². The van der Waals surface area contributed by atoms with Crippen LogP contribution in [-0.2, 0) is 26.8 Å². The number of hydrogen-bond acceptors (Lipinski definition) is 6. The van der Waals surface area contributed by atoms with Crippen molar-refractivity contribution in [3.63, 3.8) is 0 Å². The molecule has 0 aliphatic heterocycles. The topological polar surface area (TPSA) is 345 Å². The monoisotopic (exact) mass is 546 g/mol. The van der Waals surface area contributed by atoms with Gasteiger partial charge in [-0.15, -0.1) is 0 Å². The van der Waals surface area contributed by atoms with Crippen molar-refractivity contribution in [2.75, 3.05) is 0 Å². The van der Waals surface area contributed by atoms with Crippen LogP contribution in [0.4, 0.5) is 0 Å². The van der Waals surface area contributed by atoms with Gasteiger partial charge in [0.05, 0.1) is 0 Å². The van der Waals surface area contributed by atoms with E-state index in [9.17, 15) is 0 Å². The molecule has 0 aliphatic rings. The molecule has 0 aromatic carbocycles. The normalized spacial score (nSPS) is 5.33. The summed E-state index contributed by atoms with van der Waals surface area (Å²) in [5, 5.41) is 0. The molecule has 0 heterocycles. The average Bonchev–Trinajstić information content (AvgIpc) is 2.08. The van der Waals surface area contributed by atoms with E-state index in [1.54, 1.807) is 0 Å². The Balaban J connectivity index is -0.00000000859. The minimum atomic E-state index is -3.13. The maximum Gasteiger partial charge on any atom is 2.00 e. The van der Waals surface area contributed by atoms with Crippen molar-refractivity contribution in [2.24, 2.45) is 0 Å². The Morgan fingerprint density at radius 3 is 0.296 bits per heavy atom. The van der Waals surface area contributed by atoms with Gasteiger partial charge in [-0.2, -0.15) is 0 Å². The van der Waals surface area contributed by atoms with Crippen LogP contribution in [0.5, 0.6) is 0 Å². The van der Waals surface area contributed by atoms with E-state index >= 15 is 0 Å². The fraction of sp³-hybridized carbons (Fsp3) is 0. The summed E-state index contributed by atoms with van der Waals surface area (Å²) in [5.74, 6) is 0.